The van der Waals surface area contributed by atoms with E-state index in [0.717, 1.165) is 22.9 Å². The van der Waals surface area contributed by atoms with Crippen LogP contribution in [-0.4, -0.2) is 14.8 Å². The molecule has 0 aliphatic rings. The number of furan rings is 1. The van der Waals surface area contributed by atoms with E-state index < -0.39 is 0 Å². The number of aryl methyl sites for hydroxylation is 2. The Hall–Kier alpha value is -1.66. The first-order valence-electron chi connectivity index (χ1n) is 6.44. The fourth-order valence-corrected chi connectivity index (χ4v) is 2.29. The van der Waals surface area contributed by atoms with Crippen molar-refractivity contribution in [3.63, 3.8) is 0 Å². The predicted octanol–water partition coefficient (Wildman–Crippen LogP) is 1.82. The van der Waals surface area contributed by atoms with Crippen molar-refractivity contribution in [2.24, 2.45) is 5.84 Å². The summed E-state index contributed by atoms with van der Waals surface area (Å²) < 4.78 is 7.47. The molecule has 0 amide bonds. The SMILES string of the molecule is Cc1cc(C(Cc2ncnn2C(C)C)NN)c(C)o1. The topological polar surface area (TPSA) is 81.9 Å². The zero-order valence-corrected chi connectivity index (χ0v) is 11.8. The highest BCUT2D eigenvalue weighted by molar-refractivity contribution is 5.24. The van der Waals surface area contributed by atoms with Crippen LogP contribution in [0.2, 0.25) is 0 Å². The summed E-state index contributed by atoms with van der Waals surface area (Å²) in [4.78, 5) is 4.31. The van der Waals surface area contributed by atoms with Gasteiger partial charge in [-0.25, -0.2) is 9.67 Å². The molecule has 0 aromatic carbocycles. The van der Waals surface area contributed by atoms with Crippen LogP contribution >= 0.6 is 0 Å². The van der Waals surface area contributed by atoms with Gasteiger partial charge in [-0.2, -0.15) is 5.10 Å². The minimum atomic E-state index is -0.0286. The highest BCUT2D eigenvalue weighted by Crippen LogP contribution is 2.24. The molecule has 0 radical (unpaired) electrons. The van der Waals surface area contributed by atoms with E-state index in [9.17, 15) is 0 Å². The van der Waals surface area contributed by atoms with Crippen LogP contribution in [-0.2, 0) is 6.42 Å². The number of nitrogens with zero attached hydrogens (tertiary/aromatic N) is 3. The second kappa shape index (κ2) is 5.54. The molecule has 2 rings (SSSR count). The molecule has 6 heteroatoms. The van der Waals surface area contributed by atoms with Gasteiger partial charge in [0, 0.05) is 18.0 Å². The zero-order chi connectivity index (χ0) is 14.0. The number of aromatic nitrogens is 3. The van der Waals surface area contributed by atoms with Gasteiger partial charge in [0.1, 0.15) is 23.7 Å². The van der Waals surface area contributed by atoms with E-state index in [2.05, 4.69) is 29.4 Å². The third kappa shape index (κ3) is 2.85. The van der Waals surface area contributed by atoms with E-state index in [1.165, 1.54) is 0 Å². The average Bonchev–Trinajstić information content (AvgIpc) is 2.92. The minimum absolute atomic E-state index is 0.0286. The summed E-state index contributed by atoms with van der Waals surface area (Å²) in [6.45, 7) is 8.03. The van der Waals surface area contributed by atoms with Crippen molar-refractivity contribution in [1.82, 2.24) is 20.2 Å². The van der Waals surface area contributed by atoms with Gasteiger partial charge in [0.2, 0.25) is 0 Å². The van der Waals surface area contributed by atoms with Crippen LogP contribution in [0.5, 0.6) is 0 Å². The van der Waals surface area contributed by atoms with Crippen LogP contribution in [0.25, 0.3) is 0 Å². The van der Waals surface area contributed by atoms with E-state index >= 15 is 0 Å². The van der Waals surface area contributed by atoms with Crippen molar-refractivity contribution in [2.75, 3.05) is 0 Å². The molecule has 0 saturated carbocycles. The Labute approximate surface area is 113 Å². The van der Waals surface area contributed by atoms with Gasteiger partial charge in [-0.15, -0.1) is 0 Å². The third-order valence-corrected chi connectivity index (χ3v) is 3.18. The van der Waals surface area contributed by atoms with Gasteiger partial charge < -0.3 is 4.42 Å². The van der Waals surface area contributed by atoms with Gasteiger partial charge >= 0.3 is 0 Å². The van der Waals surface area contributed by atoms with Crippen LogP contribution in [0.1, 0.15) is 48.8 Å². The summed E-state index contributed by atoms with van der Waals surface area (Å²) in [6.07, 6.45) is 2.25. The quantitative estimate of drug-likeness (QED) is 0.635. The summed E-state index contributed by atoms with van der Waals surface area (Å²) in [7, 11) is 0. The van der Waals surface area contributed by atoms with Crippen LogP contribution in [0.3, 0.4) is 0 Å². The number of rotatable bonds is 5. The summed E-state index contributed by atoms with van der Waals surface area (Å²) in [5, 5.41) is 4.24. The number of hydrogen-bond acceptors (Lipinski definition) is 5. The number of hydrazine groups is 1. The van der Waals surface area contributed by atoms with Crippen LogP contribution < -0.4 is 11.3 Å². The lowest BCUT2D eigenvalue weighted by Gasteiger charge is -2.16. The Morgan fingerprint density at radius 1 is 1.42 bits per heavy atom. The molecule has 2 heterocycles. The standard InChI is InChI=1S/C13H21N5O/c1-8(2)18-13(15-7-16-18)6-12(17-14)11-5-9(3)19-10(11)4/h5,7-8,12,17H,6,14H2,1-4H3. The Balaban J connectivity index is 2.24. The Morgan fingerprint density at radius 2 is 2.16 bits per heavy atom. The lowest BCUT2D eigenvalue weighted by Crippen LogP contribution is -2.30. The first kappa shape index (κ1) is 13.8. The van der Waals surface area contributed by atoms with Gasteiger partial charge in [-0.05, 0) is 33.8 Å². The summed E-state index contributed by atoms with van der Waals surface area (Å²) in [6, 6.07) is 2.26. The lowest BCUT2D eigenvalue weighted by atomic mass is 10.0. The normalized spacial score (nSPS) is 13.2. The van der Waals surface area contributed by atoms with Gasteiger partial charge in [0.25, 0.3) is 0 Å². The van der Waals surface area contributed by atoms with E-state index in [4.69, 9.17) is 10.3 Å². The van der Waals surface area contributed by atoms with Crippen molar-refractivity contribution in [3.05, 3.63) is 35.3 Å². The number of nitrogens with one attached hydrogen (secondary N) is 1. The maximum Gasteiger partial charge on any atom is 0.138 e. The van der Waals surface area contributed by atoms with Gasteiger partial charge in [0.15, 0.2) is 0 Å². The molecule has 0 spiro atoms. The monoisotopic (exact) mass is 263 g/mol. The molecule has 0 aliphatic carbocycles. The van der Waals surface area contributed by atoms with Gasteiger partial charge in [-0.3, -0.25) is 11.3 Å². The molecule has 0 saturated heterocycles. The molecule has 2 aromatic heterocycles. The van der Waals surface area contributed by atoms with Crippen LogP contribution in [0.15, 0.2) is 16.8 Å². The second-order valence-electron chi connectivity index (χ2n) is 5.01. The van der Waals surface area contributed by atoms with Crippen molar-refractivity contribution in [2.45, 2.75) is 46.2 Å². The molecule has 2 aromatic rings. The number of hydrogen-bond donors (Lipinski definition) is 2. The smallest absolute Gasteiger partial charge is 0.138 e. The number of nitrogens with two attached hydrogens (primary N) is 1. The fourth-order valence-electron chi connectivity index (χ4n) is 2.29. The van der Waals surface area contributed by atoms with E-state index in [0.29, 0.717) is 6.42 Å². The molecule has 0 fully saturated rings. The van der Waals surface area contributed by atoms with Crippen molar-refractivity contribution in [1.29, 1.82) is 0 Å². The van der Waals surface area contributed by atoms with Gasteiger partial charge in [-0.1, -0.05) is 0 Å². The summed E-state index contributed by atoms with van der Waals surface area (Å²) in [5.74, 6) is 8.36. The Bertz CT molecular complexity index is 543. The first-order chi connectivity index (χ1) is 9.02. The van der Waals surface area contributed by atoms with Gasteiger partial charge in [0.05, 0.1) is 6.04 Å². The maximum absolute atomic E-state index is 5.68. The molecule has 1 atom stereocenters. The Morgan fingerprint density at radius 3 is 2.68 bits per heavy atom. The van der Waals surface area contributed by atoms with Crippen LogP contribution in [0.4, 0.5) is 0 Å². The molecule has 19 heavy (non-hydrogen) atoms. The average molecular weight is 263 g/mol. The molecule has 0 bridgehead atoms. The Kier molecular flexibility index (Phi) is 4.01. The fraction of sp³-hybridized carbons (Fsp3) is 0.538. The summed E-state index contributed by atoms with van der Waals surface area (Å²) >= 11 is 0. The zero-order valence-electron chi connectivity index (χ0n) is 11.8. The first-order valence-corrected chi connectivity index (χ1v) is 6.44. The van der Waals surface area contributed by atoms with E-state index in [1.54, 1.807) is 6.33 Å². The molecule has 104 valence electrons. The van der Waals surface area contributed by atoms with Crippen molar-refractivity contribution >= 4 is 0 Å². The summed E-state index contributed by atoms with van der Waals surface area (Å²) in [5.41, 5.74) is 3.90. The maximum atomic E-state index is 5.68. The highest BCUT2D eigenvalue weighted by atomic mass is 16.3. The predicted molar refractivity (Wildman–Crippen MR) is 72.4 cm³/mol. The van der Waals surface area contributed by atoms with E-state index in [1.807, 2.05) is 24.6 Å². The van der Waals surface area contributed by atoms with Crippen LogP contribution in [0, 0.1) is 13.8 Å². The molecular formula is C13H21N5O. The largest absolute Gasteiger partial charge is 0.466 e. The molecule has 6 nitrogen and oxygen atoms in total. The highest BCUT2D eigenvalue weighted by Gasteiger charge is 2.19. The molecule has 3 N–H and O–H groups in total. The van der Waals surface area contributed by atoms with Crippen molar-refractivity contribution in [3.8, 4) is 0 Å². The lowest BCUT2D eigenvalue weighted by molar-refractivity contribution is 0.457. The van der Waals surface area contributed by atoms with Crippen molar-refractivity contribution < 1.29 is 4.42 Å². The second-order valence-corrected chi connectivity index (χ2v) is 5.01. The molecular weight excluding hydrogens is 242 g/mol. The molecule has 0 aliphatic heterocycles. The third-order valence-electron chi connectivity index (χ3n) is 3.18. The molecule has 1 unspecified atom stereocenters. The minimum Gasteiger partial charge on any atom is -0.466 e. The van der Waals surface area contributed by atoms with E-state index in [-0.39, 0.29) is 12.1 Å².